The van der Waals surface area contributed by atoms with E-state index in [2.05, 4.69) is 27.2 Å². The van der Waals surface area contributed by atoms with E-state index in [9.17, 15) is 9.59 Å². The number of piperidine rings is 1. The van der Waals surface area contributed by atoms with Gasteiger partial charge in [0.25, 0.3) is 0 Å². The molecule has 7 heteroatoms. The maximum atomic E-state index is 12.8. The third kappa shape index (κ3) is 3.32. The van der Waals surface area contributed by atoms with E-state index in [1.165, 1.54) is 0 Å². The number of thiophene rings is 1. The Morgan fingerprint density at radius 3 is 2.55 bits per heavy atom. The third-order valence-corrected chi connectivity index (χ3v) is 7.54. The fourth-order valence-electron chi connectivity index (χ4n) is 4.86. The normalized spacial score (nSPS) is 22.0. The molecule has 4 heterocycles. The second-order valence-electron chi connectivity index (χ2n) is 8.20. The van der Waals surface area contributed by atoms with Gasteiger partial charge in [0.1, 0.15) is 5.54 Å². The Kier molecular flexibility index (Phi) is 4.80. The van der Waals surface area contributed by atoms with Crippen LogP contribution in [0.25, 0.3) is 0 Å². The highest BCUT2D eigenvalue weighted by Crippen LogP contribution is 2.37. The number of benzene rings is 1. The first-order valence-electron chi connectivity index (χ1n) is 10.3. The van der Waals surface area contributed by atoms with Crippen LogP contribution in [0.3, 0.4) is 0 Å². The summed E-state index contributed by atoms with van der Waals surface area (Å²) in [5.41, 5.74) is 0.671. The van der Waals surface area contributed by atoms with Crippen LogP contribution >= 0.6 is 11.3 Å². The molecule has 5 rings (SSSR count). The van der Waals surface area contributed by atoms with Gasteiger partial charge in [-0.05, 0) is 36.4 Å². The number of carbonyl (C=O) groups excluding carboxylic acids is 2. The molecule has 3 aliphatic heterocycles. The van der Waals surface area contributed by atoms with Crippen LogP contribution in [-0.4, -0.2) is 66.0 Å². The van der Waals surface area contributed by atoms with Crippen molar-refractivity contribution in [2.45, 2.75) is 30.8 Å². The van der Waals surface area contributed by atoms with E-state index >= 15 is 0 Å². The smallest absolute Gasteiger partial charge is 0.247 e. The minimum Gasteiger partial charge on any atom is -0.339 e. The molecule has 0 aliphatic carbocycles. The fraction of sp³-hybridized carbons (Fsp3) is 0.455. The zero-order chi connectivity index (χ0) is 19.8. The van der Waals surface area contributed by atoms with E-state index in [1.54, 1.807) is 11.3 Å². The molecule has 6 nitrogen and oxygen atoms in total. The standard InChI is InChI=1S/C22H26N4O2S/c27-20(13-19-7-4-12-29-19)25-14-18(15-25)24-10-8-22(9-11-24)21(28)23-16-26(22)17-5-2-1-3-6-17/h1-7,12,18H,8-11,13-16H2,(H,23,28). The molecule has 152 valence electrons. The average Bonchev–Trinajstić information content (AvgIpc) is 3.32. The molecule has 1 spiro atoms. The molecular weight excluding hydrogens is 384 g/mol. The molecule has 3 fully saturated rings. The lowest BCUT2D eigenvalue weighted by molar-refractivity contribution is -0.138. The van der Waals surface area contributed by atoms with Gasteiger partial charge in [-0.3, -0.25) is 14.5 Å². The van der Waals surface area contributed by atoms with Crippen LogP contribution in [0.1, 0.15) is 17.7 Å². The number of carbonyl (C=O) groups is 2. The van der Waals surface area contributed by atoms with Crippen molar-refractivity contribution in [1.29, 1.82) is 0 Å². The lowest BCUT2D eigenvalue weighted by Crippen LogP contribution is -2.65. The van der Waals surface area contributed by atoms with Gasteiger partial charge >= 0.3 is 0 Å². The number of rotatable bonds is 4. The SMILES string of the molecule is O=C(Cc1cccs1)N1CC(N2CCC3(CC2)C(=O)NCN3c2ccccc2)C1. The highest BCUT2D eigenvalue weighted by molar-refractivity contribution is 7.10. The first-order chi connectivity index (χ1) is 14.2. The zero-order valence-corrected chi connectivity index (χ0v) is 17.2. The van der Waals surface area contributed by atoms with Gasteiger partial charge in [-0.1, -0.05) is 24.3 Å². The van der Waals surface area contributed by atoms with Crippen LogP contribution in [0.5, 0.6) is 0 Å². The molecule has 29 heavy (non-hydrogen) atoms. The van der Waals surface area contributed by atoms with Gasteiger partial charge in [0.15, 0.2) is 0 Å². The second-order valence-corrected chi connectivity index (χ2v) is 9.24. The molecule has 3 aliphatic rings. The molecule has 1 aromatic heterocycles. The van der Waals surface area contributed by atoms with Crippen LogP contribution in [0.4, 0.5) is 5.69 Å². The van der Waals surface area contributed by atoms with Crippen molar-refractivity contribution in [1.82, 2.24) is 15.1 Å². The van der Waals surface area contributed by atoms with Crippen LogP contribution in [0.15, 0.2) is 47.8 Å². The van der Waals surface area contributed by atoms with Crippen molar-refractivity contribution in [3.8, 4) is 0 Å². The van der Waals surface area contributed by atoms with Gasteiger partial charge < -0.3 is 15.1 Å². The summed E-state index contributed by atoms with van der Waals surface area (Å²) >= 11 is 1.64. The molecule has 0 unspecified atom stereocenters. The average molecular weight is 411 g/mol. The summed E-state index contributed by atoms with van der Waals surface area (Å²) in [5.74, 6) is 0.380. The number of likely N-dealkylation sites (tertiary alicyclic amines) is 2. The number of para-hydroxylation sites is 1. The Morgan fingerprint density at radius 1 is 1.10 bits per heavy atom. The van der Waals surface area contributed by atoms with Crippen LogP contribution in [0, 0.1) is 0 Å². The highest BCUT2D eigenvalue weighted by atomic mass is 32.1. The van der Waals surface area contributed by atoms with Crippen molar-refractivity contribution in [2.75, 3.05) is 37.7 Å². The lowest BCUT2D eigenvalue weighted by atomic mass is 9.84. The van der Waals surface area contributed by atoms with Crippen LogP contribution < -0.4 is 10.2 Å². The van der Waals surface area contributed by atoms with Crippen molar-refractivity contribution in [3.63, 3.8) is 0 Å². The molecule has 3 saturated heterocycles. The van der Waals surface area contributed by atoms with Crippen molar-refractivity contribution < 1.29 is 9.59 Å². The van der Waals surface area contributed by atoms with Crippen molar-refractivity contribution >= 4 is 28.8 Å². The largest absolute Gasteiger partial charge is 0.339 e. The number of hydrogen-bond acceptors (Lipinski definition) is 5. The number of amides is 2. The summed E-state index contributed by atoms with van der Waals surface area (Å²) in [6.07, 6.45) is 2.17. The minimum atomic E-state index is -0.434. The number of nitrogens with zero attached hydrogens (tertiary/aromatic N) is 3. The van der Waals surface area contributed by atoms with E-state index in [0.717, 1.165) is 49.6 Å². The first kappa shape index (κ1) is 18.6. The Bertz CT molecular complexity index is 871. The third-order valence-electron chi connectivity index (χ3n) is 6.67. The number of hydrogen-bond donors (Lipinski definition) is 1. The van der Waals surface area contributed by atoms with Gasteiger partial charge in [-0.15, -0.1) is 11.3 Å². The Morgan fingerprint density at radius 2 is 1.86 bits per heavy atom. The summed E-state index contributed by atoms with van der Waals surface area (Å²) in [6, 6.07) is 14.7. The molecule has 0 bridgehead atoms. The summed E-state index contributed by atoms with van der Waals surface area (Å²) < 4.78 is 0. The summed E-state index contributed by atoms with van der Waals surface area (Å²) in [5, 5.41) is 5.08. The van der Waals surface area contributed by atoms with Crippen LogP contribution in [-0.2, 0) is 16.0 Å². The van der Waals surface area contributed by atoms with E-state index in [1.807, 2.05) is 40.6 Å². The van der Waals surface area contributed by atoms with E-state index in [0.29, 0.717) is 19.1 Å². The number of anilines is 1. The van der Waals surface area contributed by atoms with Crippen LogP contribution in [0.2, 0.25) is 0 Å². The van der Waals surface area contributed by atoms with Gasteiger partial charge in [0.05, 0.1) is 13.1 Å². The van der Waals surface area contributed by atoms with Gasteiger partial charge in [-0.2, -0.15) is 0 Å². The minimum absolute atomic E-state index is 0.155. The maximum absolute atomic E-state index is 12.8. The summed E-state index contributed by atoms with van der Waals surface area (Å²) in [6.45, 7) is 4.00. The molecular formula is C22H26N4O2S. The predicted octanol–water partition coefficient (Wildman–Crippen LogP) is 1.93. The van der Waals surface area contributed by atoms with Crippen molar-refractivity contribution in [2.24, 2.45) is 0 Å². The van der Waals surface area contributed by atoms with E-state index < -0.39 is 5.54 Å². The highest BCUT2D eigenvalue weighted by Gasteiger charge is 2.51. The molecule has 2 aromatic rings. The molecule has 1 N–H and O–H groups in total. The Labute approximate surface area is 175 Å². The second kappa shape index (κ2) is 7.46. The Hall–Kier alpha value is -2.38. The quantitative estimate of drug-likeness (QED) is 0.837. The van der Waals surface area contributed by atoms with E-state index in [4.69, 9.17) is 0 Å². The molecule has 0 atom stereocenters. The molecule has 2 amide bonds. The monoisotopic (exact) mass is 410 g/mol. The first-order valence-corrected chi connectivity index (χ1v) is 11.2. The topological polar surface area (TPSA) is 55.9 Å². The fourth-order valence-corrected chi connectivity index (χ4v) is 5.55. The molecule has 0 saturated carbocycles. The maximum Gasteiger partial charge on any atom is 0.247 e. The van der Waals surface area contributed by atoms with Gasteiger partial charge in [0, 0.05) is 42.8 Å². The number of nitrogens with one attached hydrogen (secondary N) is 1. The predicted molar refractivity (Wildman–Crippen MR) is 114 cm³/mol. The van der Waals surface area contributed by atoms with E-state index in [-0.39, 0.29) is 11.8 Å². The summed E-state index contributed by atoms with van der Waals surface area (Å²) in [7, 11) is 0. The van der Waals surface area contributed by atoms with Gasteiger partial charge in [0.2, 0.25) is 11.8 Å². The Balaban J connectivity index is 1.18. The van der Waals surface area contributed by atoms with Gasteiger partial charge in [-0.25, -0.2) is 0 Å². The lowest BCUT2D eigenvalue weighted by Gasteiger charge is -2.50. The van der Waals surface area contributed by atoms with Crippen molar-refractivity contribution in [3.05, 3.63) is 52.7 Å². The zero-order valence-electron chi connectivity index (χ0n) is 16.4. The summed E-state index contributed by atoms with van der Waals surface area (Å²) in [4.78, 5) is 33.0. The molecule has 0 radical (unpaired) electrons. The molecule has 1 aromatic carbocycles.